The highest BCUT2D eigenvalue weighted by Crippen LogP contribution is 2.21. The smallest absolute Gasteiger partial charge is 0.272 e. The average Bonchev–Trinajstić information content (AvgIpc) is 2.99. The predicted molar refractivity (Wildman–Crippen MR) is 107 cm³/mol. The van der Waals surface area contributed by atoms with E-state index in [4.69, 9.17) is 0 Å². The number of benzene rings is 1. The van der Waals surface area contributed by atoms with Crippen molar-refractivity contribution in [3.8, 4) is 0 Å². The molecular formula is C20H25N3O3S. The van der Waals surface area contributed by atoms with Gasteiger partial charge in [-0.05, 0) is 62.6 Å². The van der Waals surface area contributed by atoms with Gasteiger partial charge in [-0.1, -0.05) is 6.07 Å². The van der Waals surface area contributed by atoms with Gasteiger partial charge in [0, 0.05) is 18.3 Å². The van der Waals surface area contributed by atoms with E-state index >= 15 is 0 Å². The monoisotopic (exact) mass is 387 g/mol. The minimum absolute atomic E-state index is 0.0407. The molecule has 1 unspecified atom stereocenters. The molecule has 144 valence electrons. The molecule has 0 radical (unpaired) electrons. The number of hydrogen-bond acceptors (Lipinski definition) is 5. The number of rotatable bonds is 5. The van der Waals surface area contributed by atoms with Crippen LogP contribution in [0.3, 0.4) is 0 Å². The van der Waals surface area contributed by atoms with Gasteiger partial charge in [0.05, 0.1) is 23.4 Å². The fourth-order valence-corrected chi connectivity index (χ4v) is 5.05. The molecule has 0 saturated carbocycles. The van der Waals surface area contributed by atoms with Crippen LogP contribution in [0.2, 0.25) is 0 Å². The summed E-state index contributed by atoms with van der Waals surface area (Å²) in [6.07, 6.45) is 2.12. The number of pyridine rings is 1. The molecule has 0 bridgehead atoms. The number of aromatic nitrogens is 1. The van der Waals surface area contributed by atoms with Crippen LogP contribution in [0.5, 0.6) is 0 Å². The van der Waals surface area contributed by atoms with Crippen LogP contribution in [-0.4, -0.2) is 48.3 Å². The van der Waals surface area contributed by atoms with Gasteiger partial charge >= 0.3 is 0 Å². The summed E-state index contributed by atoms with van der Waals surface area (Å²) >= 11 is 0. The number of anilines is 2. The fraction of sp³-hybridized carbons (Fsp3) is 0.400. The highest BCUT2D eigenvalue weighted by Gasteiger charge is 2.34. The van der Waals surface area contributed by atoms with Crippen molar-refractivity contribution in [2.24, 2.45) is 0 Å². The lowest BCUT2D eigenvalue weighted by Crippen LogP contribution is -2.41. The lowest BCUT2D eigenvalue weighted by Gasteiger charge is -2.26. The molecule has 1 aromatic carbocycles. The normalized spacial score (nSPS) is 18.3. The highest BCUT2D eigenvalue weighted by molar-refractivity contribution is 7.91. The molecule has 6 nitrogen and oxygen atoms in total. The highest BCUT2D eigenvalue weighted by atomic mass is 32.2. The van der Waals surface area contributed by atoms with Crippen molar-refractivity contribution in [3.63, 3.8) is 0 Å². The Morgan fingerprint density at radius 3 is 2.48 bits per heavy atom. The number of amides is 1. The fourth-order valence-electron chi connectivity index (χ4n) is 3.32. The Labute approximate surface area is 160 Å². The minimum atomic E-state index is -3.04. The molecule has 7 heteroatoms. The van der Waals surface area contributed by atoms with Gasteiger partial charge < -0.3 is 10.2 Å². The molecule has 0 spiro atoms. The van der Waals surface area contributed by atoms with Gasteiger partial charge in [-0.25, -0.2) is 13.4 Å². The molecular weight excluding hydrogens is 362 g/mol. The van der Waals surface area contributed by atoms with E-state index in [2.05, 4.69) is 36.3 Å². The first kappa shape index (κ1) is 19.4. The van der Waals surface area contributed by atoms with E-state index < -0.39 is 9.84 Å². The maximum atomic E-state index is 12.8. The molecule has 1 N–H and O–H groups in total. The van der Waals surface area contributed by atoms with Gasteiger partial charge in [-0.3, -0.25) is 4.79 Å². The molecule has 1 saturated heterocycles. The Morgan fingerprint density at radius 1 is 1.19 bits per heavy atom. The van der Waals surface area contributed by atoms with E-state index in [1.807, 2.05) is 19.1 Å². The van der Waals surface area contributed by atoms with Crippen LogP contribution in [0, 0.1) is 13.8 Å². The maximum absolute atomic E-state index is 12.8. The molecule has 27 heavy (non-hydrogen) atoms. The van der Waals surface area contributed by atoms with Crippen molar-refractivity contribution >= 4 is 27.1 Å². The van der Waals surface area contributed by atoms with E-state index in [1.54, 1.807) is 17.2 Å². The Morgan fingerprint density at radius 2 is 1.93 bits per heavy atom. The average molecular weight is 388 g/mol. The van der Waals surface area contributed by atoms with Crippen molar-refractivity contribution in [2.45, 2.75) is 33.2 Å². The third kappa shape index (κ3) is 4.47. The van der Waals surface area contributed by atoms with Gasteiger partial charge in [0.15, 0.2) is 9.84 Å². The van der Waals surface area contributed by atoms with E-state index in [1.165, 1.54) is 11.1 Å². The van der Waals surface area contributed by atoms with Crippen LogP contribution < -0.4 is 5.32 Å². The summed E-state index contributed by atoms with van der Waals surface area (Å²) in [5.41, 5.74) is 4.51. The molecule has 1 atom stereocenters. The summed E-state index contributed by atoms with van der Waals surface area (Å²) in [6, 6.07) is 9.35. The van der Waals surface area contributed by atoms with Crippen molar-refractivity contribution in [1.29, 1.82) is 0 Å². The summed E-state index contributed by atoms with van der Waals surface area (Å²) in [4.78, 5) is 18.7. The number of sulfone groups is 1. The van der Waals surface area contributed by atoms with Gasteiger partial charge in [-0.15, -0.1) is 0 Å². The van der Waals surface area contributed by atoms with Crippen LogP contribution in [0.15, 0.2) is 36.5 Å². The number of nitrogens with one attached hydrogen (secondary N) is 1. The minimum Gasteiger partial charge on any atom is -0.354 e. The maximum Gasteiger partial charge on any atom is 0.272 e. The van der Waals surface area contributed by atoms with Crippen molar-refractivity contribution in [3.05, 3.63) is 53.3 Å². The van der Waals surface area contributed by atoms with Crippen molar-refractivity contribution in [1.82, 2.24) is 9.88 Å². The lowest BCUT2D eigenvalue weighted by atomic mass is 10.1. The van der Waals surface area contributed by atoms with Crippen LogP contribution in [0.1, 0.15) is 35.0 Å². The number of aryl methyl sites for hydroxylation is 2. The molecule has 2 heterocycles. The summed E-state index contributed by atoms with van der Waals surface area (Å²) in [5.74, 6) is -0.0375. The van der Waals surface area contributed by atoms with Crippen LogP contribution in [0.25, 0.3) is 0 Å². The first-order chi connectivity index (χ1) is 12.8. The molecule has 1 aliphatic heterocycles. The number of hydrogen-bond donors (Lipinski definition) is 1. The van der Waals surface area contributed by atoms with Crippen molar-refractivity contribution in [2.75, 3.05) is 23.4 Å². The zero-order valence-corrected chi connectivity index (χ0v) is 16.7. The quantitative estimate of drug-likeness (QED) is 0.853. The van der Waals surface area contributed by atoms with E-state index in [0.717, 1.165) is 11.4 Å². The van der Waals surface area contributed by atoms with Gasteiger partial charge in [0.2, 0.25) is 0 Å². The predicted octanol–water partition coefficient (Wildman–Crippen LogP) is 3.09. The Balaban J connectivity index is 1.72. The van der Waals surface area contributed by atoms with E-state index in [9.17, 15) is 13.2 Å². The number of carbonyl (C=O) groups excluding carboxylic acids is 1. The van der Waals surface area contributed by atoms with Gasteiger partial charge in [-0.2, -0.15) is 0 Å². The second-order valence-corrected chi connectivity index (χ2v) is 9.23. The van der Waals surface area contributed by atoms with Crippen LogP contribution in [0.4, 0.5) is 11.4 Å². The third-order valence-electron chi connectivity index (χ3n) is 5.03. The zero-order chi connectivity index (χ0) is 19.6. The zero-order valence-electron chi connectivity index (χ0n) is 15.9. The molecule has 1 aromatic heterocycles. The number of carbonyl (C=O) groups is 1. The van der Waals surface area contributed by atoms with Gasteiger partial charge in [0.1, 0.15) is 5.69 Å². The molecule has 1 amide bonds. The third-order valence-corrected chi connectivity index (χ3v) is 6.78. The Bertz CT molecular complexity index is 939. The van der Waals surface area contributed by atoms with Crippen molar-refractivity contribution < 1.29 is 13.2 Å². The molecule has 1 fully saturated rings. The standard InChI is InChI=1S/C20H25N3O3S/c1-4-23(18-9-10-27(25,26)13-18)20(24)19-8-7-17(12-21-19)22-16-6-5-14(2)15(3)11-16/h5-8,11-12,18,22H,4,9-10,13H2,1-3H3. The van der Waals surface area contributed by atoms with Gasteiger partial charge in [0.25, 0.3) is 5.91 Å². The molecule has 1 aliphatic rings. The summed E-state index contributed by atoms with van der Waals surface area (Å²) in [6.45, 7) is 6.45. The topological polar surface area (TPSA) is 79.4 Å². The first-order valence-electron chi connectivity index (χ1n) is 9.11. The molecule has 2 aromatic rings. The largest absolute Gasteiger partial charge is 0.354 e. The van der Waals surface area contributed by atoms with Crippen LogP contribution in [-0.2, 0) is 9.84 Å². The second-order valence-electron chi connectivity index (χ2n) is 7.00. The molecule has 0 aliphatic carbocycles. The Kier molecular flexibility index (Phi) is 5.51. The number of nitrogens with zero attached hydrogens (tertiary/aromatic N) is 2. The summed E-state index contributed by atoms with van der Waals surface area (Å²) in [5, 5.41) is 3.28. The van der Waals surface area contributed by atoms with E-state index in [-0.39, 0.29) is 23.5 Å². The van der Waals surface area contributed by atoms with E-state index in [0.29, 0.717) is 18.7 Å². The second kappa shape index (κ2) is 7.68. The summed E-state index contributed by atoms with van der Waals surface area (Å²) in [7, 11) is -3.04. The first-order valence-corrected chi connectivity index (χ1v) is 10.9. The Hall–Kier alpha value is -2.41. The molecule has 3 rings (SSSR count). The van der Waals surface area contributed by atoms with Crippen LogP contribution >= 0.6 is 0 Å². The SMILES string of the molecule is CCN(C(=O)c1ccc(Nc2ccc(C)c(C)c2)cn1)C1CCS(=O)(=O)C1. The lowest BCUT2D eigenvalue weighted by molar-refractivity contribution is 0.0702. The summed E-state index contributed by atoms with van der Waals surface area (Å²) < 4.78 is 23.4.